The second-order valence-electron chi connectivity index (χ2n) is 4.13. The average molecular weight is 301 g/mol. The monoisotopic (exact) mass is 300 g/mol. The minimum atomic E-state index is -0.692. The molecule has 0 aliphatic rings. The quantitative estimate of drug-likeness (QED) is 0.687. The van der Waals surface area contributed by atoms with Crippen LogP contribution in [0.15, 0.2) is 54.1 Å². The van der Waals surface area contributed by atoms with Crippen LogP contribution in [0.5, 0.6) is 0 Å². The lowest BCUT2D eigenvalue weighted by molar-refractivity contribution is -0.112. The van der Waals surface area contributed by atoms with Gasteiger partial charge in [0.2, 0.25) is 0 Å². The van der Waals surface area contributed by atoms with E-state index in [0.29, 0.717) is 10.6 Å². The lowest BCUT2D eigenvalue weighted by atomic mass is 10.1. The molecule has 0 atom stereocenters. The van der Waals surface area contributed by atoms with E-state index in [1.165, 1.54) is 24.3 Å². The predicted molar refractivity (Wildman–Crippen MR) is 80.1 cm³/mol. The maximum Gasteiger partial charge on any atom is 0.266 e. The Labute approximate surface area is 126 Å². The zero-order valence-corrected chi connectivity index (χ0v) is 11.6. The highest BCUT2D eigenvalue weighted by Gasteiger charge is 2.12. The normalized spacial score (nSPS) is 10.8. The van der Waals surface area contributed by atoms with Crippen molar-refractivity contribution in [2.45, 2.75) is 0 Å². The molecule has 3 nitrogen and oxygen atoms in total. The number of halogens is 2. The van der Waals surface area contributed by atoms with Gasteiger partial charge in [-0.2, -0.15) is 5.26 Å². The van der Waals surface area contributed by atoms with Crippen LogP contribution in [-0.2, 0) is 4.79 Å². The molecule has 21 heavy (non-hydrogen) atoms. The number of anilines is 1. The Morgan fingerprint density at radius 1 is 1.19 bits per heavy atom. The van der Waals surface area contributed by atoms with Gasteiger partial charge in [-0.15, -0.1) is 0 Å². The summed E-state index contributed by atoms with van der Waals surface area (Å²) in [6, 6.07) is 14.3. The number of benzene rings is 2. The molecule has 0 bridgehead atoms. The van der Waals surface area contributed by atoms with E-state index in [0.717, 1.165) is 0 Å². The zero-order chi connectivity index (χ0) is 15.2. The van der Waals surface area contributed by atoms with E-state index in [1.54, 1.807) is 36.4 Å². The van der Waals surface area contributed by atoms with Crippen LogP contribution < -0.4 is 5.32 Å². The van der Waals surface area contributed by atoms with Gasteiger partial charge in [0.1, 0.15) is 17.5 Å². The molecule has 2 aromatic rings. The molecule has 0 saturated carbocycles. The Bertz CT molecular complexity index is 750. The van der Waals surface area contributed by atoms with Crippen molar-refractivity contribution >= 4 is 29.3 Å². The van der Waals surface area contributed by atoms with Crippen molar-refractivity contribution in [2.24, 2.45) is 0 Å². The van der Waals surface area contributed by atoms with Crippen molar-refractivity contribution in [3.8, 4) is 6.07 Å². The predicted octanol–water partition coefficient (Wildman–Crippen LogP) is 4.02. The van der Waals surface area contributed by atoms with Crippen molar-refractivity contribution in [1.29, 1.82) is 5.26 Å². The molecule has 5 heteroatoms. The molecule has 1 N–H and O–H groups in total. The topological polar surface area (TPSA) is 52.9 Å². The van der Waals surface area contributed by atoms with E-state index in [4.69, 9.17) is 16.9 Å². The molecular weight excluding hydrogens is 291 g/mol. The molecule has 0 aromatic heterocycles. The second-order valence-corrected chi connectivity index (χ2v) is 4.53. The van der Waals surface area contributed by atoms with Gasteiger partial charge in [-0.25, -0.2) is 4.39 Å². The molecule has 0 unspecified atom stereocenters. The highest BCUT2D eigenvalue weighted by molar-refractivity contribution is 6.32. The van der Waals surface area contributed by atoms with E-state index in [1.807, 2.05) is 0 Å². The van der Waals surface area contributed by atoms with Gasteiger partial charge in [0.25, 0.3) is 5.91 Å². The van der Waals surface area contributed by atoms with Gasteiger partial charge in [0.15, 0.2) is 0 Å². The van der Waals surface area contributed by atoms with Crippen LogP contribution in [0.25, 0.3) is 6.08 Å². The minimum Gasteiger partial charge on any atom is -0.319 e. The molecule has 0 radical (unpaired) electrons. The summed E-state index contributed by atoms with van der Waals surface area (Å²) in [5.74, 6) is -1.26. The minimum absolute atomic E-state index is 0.0165. The molecule has 104 valence electrons. The molecule has 2 rings (SSSR count). The highest BCUT2D eigenvalue weighted by atomic mass is 35.5. The summed E-state index contributed by atoms with van der Waals surface area (Å²) in [5, 5.41) is 11.9. The van der Waals surface area contributed by atoms with Gasteiger partial charge in [0.05, 0.1) is 5.69 Å². The van der Waals surface area contributed by atoms with Gasteiger partial charge >= 0.3 is 0 Å². The van der Waals surface area contributed by atoms with Crippen molar-refractivity contribution in [3.63, 3.8) is 0 Å². The fourth-order valence-corrected chi connectivity index (χ4v) is 1.84. The third-order valence-electron chi connectivity index (χ3n) is 2.69. The Hall–Kier alpha value is -2.64. The lowest BCUT2D eigenvalue weighted by Gasteiger charge is -2.05. The largest absolute Gasteiger partial charge is 0.319 e. The number of rotatable bonds is 3. The van der Waals surface area contributed by atoms with Crippen molar-refractivity contribution < 1.29 is 9.18 Å². The van der Waals surface area contributed by atoms with Crippen LogP contribution in [-0.4, -0.2) is 5.91 Å². The number of carbonyl (C=O) groups excluding carboxylic acids is 1. The summed E-state index contributed by atoms with van der Waals surface area (Å²) >= 11 is 5.97. The van der Waals surface area contributed by atoms with Gasteiger partial charge in [0, 0.05) is 5.02 Å². The Kier molecular flexibility index (Phi) is 4.70. The number of carbonyl (C=O) groups is 1. The molecule has 0 heterocycles. The summed E-state index contributed by atoms with van der Waals surface area (Å²) in [7, 11) is 0. The first-order valence-electron chi connectivity index (χ1n) is 6.04. The van der Waals surface area contributed by atoms with Crippen LogP contribution in [0.2, 0.25) is 5.02 Å². The summed E-state index contributed by atoms with van der Waals surface area (Å²) < 4.78 is 13.5. The van der Waals surface area contributed by atoms with Gasteiger partial charge in [-0.05, 0) is 29.8 Å². The van der Waals surface area contributed by atoms with Gasteiger partial charge in [-0.1, -0.05) is 41.9 Å². The van der Waals surface area contributed by atoms with E-state index in [-0.39, 0.29) is 11.3 Å². The van der Waals surface area contributed by atoms with Crippen molar-refractivity contribution in [2.75, 3.05) is 5.32 Å². The smallest absolute Gasteiger partial charge is 0.266 e. The maximum absolute atomic E-state index is 13.5. The molecule has 0 aliphatic carbocycles. The summed E-state index contributed by atoms with van der Waals surface area (Å²) in [6.45, 7) is 0. The molecule has 2 aromatic carbocycles. The van der Waals surface area contributed by atoms with E-state index >= 15 is 0 Å². The molecule has 0 saturated heterocycles. The zero-order valence-electron chi connectivity index (χ0n) is 10.8. The first kappa shape index (κ1) is 14.8. The number of hydrogen-bond donors (Lipinski definition) is 1. The van der Waals surface area contributed by atoms with Gasteiger partial charge in [-0.3, -0.25) is 4.79 Å². The third-order valence-corrected chi connectivity index (χ3v) is 3.04. The van der Waals surface area contributed by atoms with Gasteiger partial charge < -0.3 is 5.32 Å². The Morgan fingerprint density at radius 2 is 1.86 bits per heavy atom. The Morgan fingerprint density at radius 3 is 2.52 bits per heavy atom. The van der Waals surface area contributed by atoms with Crippen LogP contribution in [0.3, 0.4) is 0 Å². The van der Waals surface area contributed by atoms with E-state index in [2.05, 4.69) is 5.32 Å². The third kappa shape index (κ3) is 3.68. The van der Waals surface area contributed by atoms with Crippen molar-refractivity contribution in [3.05, 3.63) is 70.5 Å². The average Bonchev–Trinajstić information content (AvgIpc) is 2.48. The van der Waals surface area contributed by atoms with Crippen LogP contribution in [0.4, 0.5) is 10.1 Å². The molecular formula is C16H10ClFN2O. The number of nitrogens with zero attached hydrogens (tertiary/aromatic N) is 1. The molecule has 0 aliphatic heterocycles. The summed E-state index contributed by atoms with van der Waals surface area (Å²) in [6.07, 6.45) is 1.36. The maximum atomic E-state index is 13.5. The fourth-order valence-electron chi connectivity index (χ4n) is 1.65. The van der Waals surface area contributed by atoms with Crippen LogP contribution >= 0.6 is 11.6 Å². The Balaban J connectivity index is 2.26. The fraction of sp³-hybridized carbons (Fsp3) is 0. The van der Waals surface area contributed by atoms with E-state index < -0.39 is 11.7 Å². The lowest BCUT2D eigenvalue weighted by Crippen LogP contribution is -2.14. The summed E-state index contributed by atoms with van der Waals surface area (Å²) in [5.41, 5.74) is 0.397. The summed E-state index contributed by atoms with van der Waals surface area (Å²) in [4.78, 5) is 12.0. The van der Waals surface area contributed by atoms with E-state index in [9.17, 15) is 9.18 Å². The number of hydrogen-bond acceptors (Lipinski definition) is 2. The van der Waals surface area contributed by atoms with Crippen LogP contribution in [0, 0.1) is 17.1 Å². The SMILES string of the molecule is N#C/C(=C/c1ccccc1Cl)C(=O)Nc1ccccc1F. The standard InChI is InChI=1S/C16H10ClFN2O/c17-13-6-2-1-5-11(13)9-12(10-19)16(21)20-15-8-4-3-7-14(15)18/h1-9H,(H,20,21)/b12-9-. The number of nitriles is 1. The first-order valence-corrected chi connectivity index (χ1v) is 6.42. The molecule has 0 spiro atoms. The number of nitrogens with one attached hydrogen (secondary N) is 1. The second kappa shape index (κ2) is 6.69. The van der Waals surface area contributed by atoms with Crippen LogP contribution in [0.1, 0.15) is 5.56 Å². The number of amides is 1. The first-order chi connectivity index (χ1) is 10.1. The van der Waals surface area contributed by atoms with Crippen molar-refractivity contribution in [1.82, 2.24) is 0 Å². The highest BCUT2D eigenvalue weighted by Crippen LogP contribution is 2.19. The molecule has 0 fully saturated rings. The number of para-hydroxylation sites is 1. The molecule has 1 amide bonds.